The van der Waals surface area contributed by atoms with Crippen molar-refractivity contribution in [3.05, 3.63) is 0 Å². The van der Waals surface area contributed by atoms with E-state index in [0.717, 1.165) is 24.5 Å². The molecule has 0 aromatic heterocycles. The van der Waals surface area contributed by atoms with Gasteiger partial charge in [0.25, 0.3) is 0 Å². The summed E-state index contributed by atoms with van der Waals surface area (Å²) in [5, 5.41) is 0. The molecule has 1 rings (SSSR count). The van der Waals surface area contributed by atoms with E-state index < -0.39 is 0 Å². The molecule has 1 aliphatic heterocycles. The molecule has 0 spiro atoms. The summed E-state index contributed by atoms with van der Waals surface area (Å²) < 4.78 is 10.4. The molecule has 2 unspecified atom stereocenters. The quantitative estimate of drug-likeness (QED) is 0.715. The van der Waals surface area contributed by atoms with Gasteiger partial charge in [0.2, 0.25) is 0 Å². The van der Waals surface area contributed by atoms with E-state index in [2.05, 4.69) is 0 Å². The van der Waals surface area contributed by atoms with E-state index in [1.165, 1.54) is 0 Å². The van der Waals surface area contributed by atoms with Gasteiger partial charge in [-0.15, -0.1) is 0 Å². The zero-order valence-corrected chi connectivity index (χ0v) is 8.31. The Balaban J connectivity index is 1.98. The molecule has 1 heterocycles. The molecule has 1 fully saturated rings. The van der Waals surface area contributed by atoms with E-state index in [4.69, 9.17) is 15.2 Å². The van der Waals surface area contributed by atoms with Gasteiger partial charge in [0.05, 0.1) is 12.7 Å². The van der Waals surface area contributed by atoms with Gasteiger partial charge in [0.1, 0.15) is 6.79 Å². The monoisotopic (exact) mass is 191 g/mol. The Morgan fingerprint density at radius 1 is 1.67 bits per heavy atom. The average Bonchev–Trinajstić information content (AvgIpc) is 2.05. The molecule has 0 radical (unpaired) electrons. The molecule has 0 aromatic carbocycles. The summed E-state index contributed by atoms with van der Waals surface area (Å²) in [5.41, 5.74) is 5.62. The summed E-state index contributed by atoms with van der Waals surface area (Å²) in [6, 6.07) is 0.287. The molecule has 72 valence electrons. The Hall–Kier alpha value is 0.230. The maximum absolute atomic E-state index is 5.62. The van der Waals surface area contributed by atoms with Crippen LogP contribution in [-0.4, -0.2) is 37.1 Å². The largest absolute Gasteiger partial charge is 0.355 e. The molecular formula is C8H17NO2S. The van der Waals surface area contributed by atoms with Gasteiger partial charge in [-0.25, -0.2) is 0 Å². The first-order valence-electron chi connectivity index (χ1n) is 4.31. The van der Waals surface area contributed by atoms with Crippen molar-refractivity contribution < 1.29 is 9.47 Å². The molecule has 0 amide bonds. The Morgan fingerprint density at radius 2 is 2.50 bits per heavy atom. The predicted octanol–water partition coefficient (Wildman–Crippen LogP) is 0.830. The highest BCUT2D eigenvalue weighted by atomic mass is 32.2. The average molecular weight is 191 g/mol. The van der Waals surface area contributed by atoms with Crippen molar-refractivity contribution in [2.24, 2.45) is 5.73 Å². The minimum atomic E-state index is 0.287. The molecule has 1 saturated heterocycles. The highest BCUT2D eigenvalue weighted by Gasteiger charge is 2.13. The van der Waals surface area contributed by atoms with Crippen LogP contribution in [-0.2, 0) is 9.47 Å². The van der Waals surface area contributed by atoms with Gasteiger partial charge in [-0.3, -0.25) is 0 Å². The van der Waals surface area contributed by atoms with Crippen molar-refractivity contribution in [1.82, 2.24) is 0 Å². The minimum absolute atomic E-state index is 0.287. The number of thioether (sulfide) groups is 1. The number of hydrogen-bond donors (Lipinski definition) is 1. The molecule has 2 N–H and O–H groups in total. The highest BCUT2D eigenvalue weighted by Crippen LogP contribution is 2.13. The van der Waals surface area contributed by atoms with Crippen LogP contribution in [0, 0.1) is 0 Å². The van der Waals surface area contributed by atoms with Crippen molar-refractivity contribution in [1.29, 1.82) is 0 Å². The van der Waals surface area contributed by atoms with Gasteiger partial charge < -0.3 is 15.2 Å². The van der Waals surface area contributed by atoms with Crippen LogP contribution in [0.5, 0.6) is 0 Å². The first kappa shape index (κ1) is 10.3. The molecule has 1 aliphatic rings. The van der Waals surface area contributed by atoms with Crippen molar-refractivity contribution in [2.75, 3.05) is 24.9 Å². The number of hydrogen-bond acceptors (Lipinski definition) is 4. The van der Waals surface area contributed by atoms with E-state index in [-0.39, 0.29) is 6.04 Å². The van der Waals surface area contributed by atoms with Gasteiger partial charge >= 0.3 is 0 Å². The van der Waals surface area contributed by atoms with Crippen LogP contribution in [0.25, 0.3) is 0 Å². The van der Waals surface area contributed by atoms with Crippen molar-refractivity contribution in [3.8, 4) is 0 Å². The fourth-order valence-corrected chi connectivity index (χ4v) is 2.05. The predicted molar refractivity (Wildman–Crippen MR) is 51.3 cm³/mol. The standard InChI is InChI=1S/C8H17NO2S/c1-7(9)4-12-5-8-2-3-10-6-11-8/h7-8H,2-6,9H2,1H3. The van der Waals surface area contributed by atoms with Crippen LogP contribution in [0.3, 0.4) is 0 Å². The van der Waals surface area contributed by atoms with Crippen LogP contribution in [0.2, 0.25) is 0 Å². The van der Waals surface area contributed by atoms with E-state index in [0.29, 0.717) is 12.9 Å². The lowest BCUT2D eigenvalue weighted by Crippen LogP contribution is -2.27. The number of nitrogens with two attached hydrogens (primary N) is 1. The van der Waals surface area contributed by atoms with Gasteiger partial charge in [-0.1, -0.05) is 0 Å². The maximum atomic E-state index is 5.62. The molecule has 0 bridgehead atoms. The third kappa shape index (κ3) is 4.30. The molecule has 2 atom stereocenters. The van der Waals surface area contributed by atoms with E-state index >= 15 is 0 Å². The molecular weight excluding hydrogens is 174 g/mol. The van der Waals surface area contributed by atoms with Crippen molar-refractivity contribution in [2.45, 2.75) is 25.5 Å². The third-order valence-electron chi connectivity index (χ3n) is 1.66. The Bertz CT molecular complexity index is 116. The molecule has 0 aromatic rings. The Morgan fingerprint density at radius 3 is 3.08 bits per heavy atom. The van der Waals surface area contributed by atoms with Gasteiger partial charge in [0.15, 0.2) is 0 Å². The fourth-order valence-electron chi connectivity index (χ4n) is 1.02. The van der Waals surface area contributed by atoms with Crippen LogP contribution in [0.1, 0.15) is 13.3 Å². The van der Waals surface area contributed by atoms with E-state index in [9.17, 15) is 0 Å². The normalized spacial score (nSPS) is 27.0. The molecule has 0 aliphatic carbocycles. The summed E-state index contributed by atoms with van der Waals surface area (Å²) in [6.45, 7) is 3.32. The smallest absolute Gasteiger partial charge is 0.147 e. The zero-order chi connectivity index (χ0) is 8.81. The van der Waals surface area contributed by atoms with Crippen molar-refractivity contribution >= 4 is 11.8 Å². The van der Waals surface area contributed by atoms with Crippen LogP contribution >= 0.6 is 11.8 Å². The summed E-state index contributed by atoms with van der Waals surface area (Å²) in [6.07, 6.45) is 1.40. The number of rotatable bonds is 4. The first-order valence-corrected chi connectivity index (χ1v) is 5.47. The van der Waals surface area contributed by atoms with Crippen molar-refractivity contribution in [3.63, 3.8) is 0 Å². The molecule has 12 heavy (non-hydrogen) atoms. The summed E-state index contributed by atoms with van der Waals surface area (Å²) in [4.78, 5) is 0. The second-order valence-electron chi connectivity index (χ2n) is 3.12. The lowest BCUT2D eigenvalue weighted by atomic mass is 10.3. The molecule has 0 saturated carbocycles. The van der Waals surface area contributed by atoms with Gasteiger partial charge in [-0.05, 0) is 13.3 Å². The fraction of sp³-hybridized carbons (Fsp3) is 1.00. The summed E-state index contributed by atoms with van der Waals surface area (Å²) in [5.74, 6) is 2.06. The minimum Gasteiger partial charge on any atom is -0.355 e. The third-order valence-corrected chi connectivity index (χ3v) is 3.02. The van der Waals surface area contributed by atoms with Crippen LogP contribution in [0.4, 0.5) is 0 Å². The summed E-state index contributed by atoms with van der Waals surface area (Å²) in [7, 11) is 0. The van der Waals surface area contributed by atoms with E-state index in [1.54, 1.807) is 0 Å². The maximum Gasteiger partial charge on any atom is 0.147 e. The van der Waals surface area contributed by atoms with Gasteiger partial charge in [-0.2, -0.15) is 11.8 Å². The lowest BCUT2D eigenvalue weighted by molar-refractivity contribution is -0.130. The van der Waals surface area contributed by atoms with Crippen LogP contribution < -0.4 is 5.73 Å². The van der Waals surface area contributed by atoms with Crippen LogP contribution in [0.15, 0.2) is 0 Å². The van der Waals surface area contributed by atoms with E-state index in [1.807, 2.05) is 18.7 Å². The topological polar surface area (TPSA) is 44.5 Å². The summed E-state index contributed by atoms with van der Waals surface area (Å²) >= 11 is 1.86. The lowest BCUT2D eigenvalue weighted by Gasteiger charge is -2.22. The second-order valence-corrected chi connectivity index (χ2v) is 4.19. The Labute approximate surface area is 78.0 Å². The van der Waals surface area contributed by atoms with Gasteiger partial charge in [0, 0.05) is 17.5 Å². The first-order chi connectivity index (χ1) is 5.79. The molecule has 3 nitrogen and oxygen atoms in total. The highest BCUT2D eigenvalue weighted by molar-refractivity contribution is 7.99. The number of ether oxygens (including phenoxy) is 2. The Kier molecular flexibility index (Phi) is 4.99. The zero-order valence-electron chi connectivity index (χ0n) is 7.49. The molecule has 4 heteroatoms. The second kappa shape index (κ2) is 5.80. The SMILES string of the molecule is CC(N)CSCC1CCOCO1.